The number of carbonyl (C=O) groups excluding carboxylic acids is 1. The monoisotopic (exact) mass is 205 g/mol. The summed E-state index contributed by atoms with van der Waals surface area (Å²) in [5, 5.41) is 0.0547. The van der Waals surface area contributed by atoms with Crippen molar-refractivity contribution in [1.82, 2.24) is 5.12 Å². The highest BCUT2D eigenvalue weighted by molar-refractivity contribution is 5.76. The molecule has 0 spiro atoms. The second-order valence-electron chi connectivity index (χ2n) is 3.93. The first kappa shape index (κ1) is 9.83. The third-order valence-electron chi connectivity index (χ3n) is 3.07. The van der Waals surface area contributed by atoms with Gasteiger partial charge in [-0.1, -0.05) is 5.12 Å². The fourth-order valence-electron chi connectivity index (χ4n) is 2.42. The second-order valence-corrected chi connectivity index (χ2v) is 3.93. The average Bonchev–Trinajstić information content (AvgIpc) is 2.59. The zero-order valence-electron chi connectivity index (χ0n) is 8.00. The molecule has 3 nitrogen and oxygen atoms in total. The van der Waals surface area contributed by atoms with Crippen LogP contribution >= 0.6 is 0 Å². The van der Waals surface area contributed by atoms with E-state index in [1.165, 1.54) is 0 Å². The van der Waals surface area contributed by atoms with Gasteiger partial charge in [-0.05, 0) is 25.7 Å². The summed E-state index contributed by atoms with van der Waals surface area (Å²) < 4.78 is 31.8. The second kappa shape index (κ2) is 3.15. The van der Waals surface area contributed by atoms with Gasteiger partial charge in [0.05, 0.1) is 6.61 Å². The van der Waals surface area contributed by atoms with E-state index in [0.717, 1.165) is 0 Å². The van der Waals surface area contributed by atoms with Crippen LogP contribution in [0, 0.1) is 5.92 Å². The van der Waals surface area contributed by atoms with Crippen LogP contribution in [-0.2, 0) is 9.53 Å². The summed E-state index contributed by atoms with van der Waals surface area (Å²) in [7, 11) is 0. The largest absolute Gasteiger partial charge is 0.465 e. The SMILES string of the molecule is CCOC(=O)C1C2CCC(F)(C2)N1F. The van der Waals surface area contributed by atoms with E-state index in [4.69, 9.17) is 4.74 Å². The van der Waals surface area contributed by atoms with Crippen LogP contribution in [0.2, 0.25) is 0 Å². The quantitative estimate of drug-likeness (QED) is 0.389. The van der Waals surface area contributed by atoms with Crippen molar-refractivity contribution in [2.75, 3.05) is 6.61 Å². The maximum Gasteiger partial charge on any atom is 0.326 e. The molecule has 1 saturated heterocycles. The van der Waals surface area contributed by atoms with Crippen molar-refractivity contribution in [2.24, 2.45) is 5.92 Å². The minimum atomic E-state index is -1.91. The van der Waals surface area contributed by atoms with Gasteiger partial charge in [0, 0.05) is 6.42 Å². The van der Waals surface area contributed by atoms with E-state index in [2.05, 4.69) is 0 Å². The lowest BCUT2D eigenvalue weighted by molar-refractivity contribution is -0.189. The Morgan fingerprint density at radius 3 is 2.93 bits per heavy atom. The summed E-state index contributed by atoms with van der Waals surface area (Å²) in [6.45, 7) is 1.86. The summed E-state index contributed by atoms with van der Waals surface area (Å²) in [6, 6.07) is -1.02. The Morgan fingerprint density at radius 1 is 1.71 bits per heavy atom. The van der Waals surface area contributed by atoms with E-state index in [0.29, 0.717) is 6.42 Å². The van der Waals surface area contributed by atoms with Crippen molar-refractivity contribution in [3.05, 3.63) is 0 Å². The van der Waals surface area contributed by atoms with Crippen molar-refractivity contribution in [3.63, 3.8) is 0 Å². The van der Waals surface area contributed by atoms with Crippen LogP contribution in [0.1, 0.15) is 26.2 Å². The Labute approximate surface area is 80.9 Å². The van der Waals surface area contributed by atoms with Crippen molar-refractivity contribution in [3.8, 4) is 0 Å². The smallest absolute Gasteiger partial charge is 0.326 e. The molecule has 0 amide bonds. The number of alkyl halides is 1. The fourth-order valence-corrected chi connectivity index (χ4v) is 2.42. The molecule has 0 aromatic carbocycles. The van der Waals surface area contributed by atoms with Crippen molar-refractivity contribution < 1.29 is 18.4 Å². The van der Waals surface area contributed by atoms with Crippen molar-refractivity contribution in [1.29, 1.82) is 0 Å². The van der Waals surface area contributed by atoms with Gasteiger partial charge in [0.25, 0.3) is 0 Å². The molecule has 2 aliphatic rings. The molecule has 1 aliphatic carbocycles. The summed E-state index contributed by atoms with van der Waals surface area (Å²) in [4.78, 5) is 11.3. The van der Waals surface area contributed by atoms with Gasteiger partial charge >= 0.3 is 5.97 Å². The summed E-state index contributed by atoms with van der Waals surface area (Å²) in [6.07, 6.45) is 0.872. The van der Waals surface area contributed by atoms with E-state index in [-0.39, 0.29) is 30.5 Å². The molecule has 0 N–H and O–H groups in total. The number of hydrogen-bond donors (Lipinski definition) is 0. The van der Waals surface area contributed by atoms with Crippen LogP contribution in [0.5, 0.6) is 0 Å². The number of halogens is 2. The molecular formula is C9H13F2NO2. The van der Waals surface area contributed by atoms with Gasteiger partial charge in [-0.3, -0.25) is 4.79 Å². The molecule has 2 rings (SSSR count). The molecule has 80 valence electrons. The standard InChI is InChI=1S/C9H13F2NO2/c1-2-14-8(13)7-6-3-4-9(10,5-6)12(7)11/h6-7H,2-5H2,1H3. The minimum Gasteiger partial charge on any atom is -0.465 e. The lowest BCUT2D eigenvalue weighted by Crippen LogP contribution is -2.46. The molecule has 1 aliphatic heterocycles. The third-order valence-corrected chi connectivity index (χ3v) is 3.07. The van der Waals surface area contributed by atoms with Crippen LogP contribution in [0.4, 0.5) is 8.87 Å². The highest BCUT2D eigenvalue weighted by Crippen LogP contribution is 2.51. The predicted octanol–water partition coefficient (Wildman–Crippen LogP) is 1.58. The van der Waals surface area contributed by atoms with E-state index < -0.39 is 17.8 Å². The van der Waals surface area contributed by atoms with Crippen LogP contribution in [-0.4, -0.2) is 29.5 Å². The molecule has 5 heteroatoms. The van der Waals surface area contributed by atoms with E-state index >= 15 is 0 Å². The molecule has 3 unspecified atom stereocenters. The zero-order chi connectivity index (χ0) is 10.3. The maximum atomic E-state index is 13.7. The summed E-state index contributed by atoms with van der Waals surface area (Å²) in [5.74, 6) is -2.77. The Balaban J connectivity index is 2.11. The lowest BCUT2D eigenvalue weighted by Gasteiger charge is -2.29. The molecule has 14 heavy (non-hydrogen) atoms. The van der Waals surface area contributed by atoms with Gasteiger partial charge in [-0.2, -0.15) is 0 Å². The molecule has 0 aromatic rings. The molecule has 1 heterocycles. The molecule has 2 bridgehead atoms. The number of ether oxygens (including phenoxy) is 1. The van der Waals surface area contributed by atoms with Gasteiger partial charge in [0.2, 0.25) is 0 Å². The number of hydrogen-bond acceptors (Lipinski definition) is 3. The maximum absolute atomic E-state index is 13.7. The van der Waals surface area contributed by atoms with Gasteiger partial charge in [0.1, 0.15) is 6.04 Å². The molecule has 3 atom stereocenters. The highest BCUT2D eigenvalue weighted by Gasteiger charge is 2.61. The lowest BCUT2D eigenvalue weighted by atomic mass is 10.0. The van der Waals surface area contributed by atoms with E-state index in [1.807, 2.05) is 0 Å². The number of piperidine rings is 1. The Hall–Kier alpha value is -0.710. The number of nitrogens with zero attached hydrogens (tertiary/aromatic N) is 1. The van der Waals surface area contributed by atoms with Gasteiger partial charge in [-0.15, -0.1) is 4.48 Å². The number of rotatable bonds is 2. The first-order valence-electron chi connectivity index (χ1n) is 4.89. The normalized spacial score (nSPS) is 41.6. The Kier molecular flexibility index (Phi) is 2.21. The topological polar surface area (TPSA) is 29.5 Å². The summed E-state index contributed by atoms with van der Waals surface area (Å²) >= 11 is 0. The van der Waals surface area contributed by atoms with Crippen LogP contribution < -0.4 is 0 Å². The van der Waals surface area contributed by atoms with Crippen LogP contribution in [0.15, 0.2) is 0 Å². The molecule has 0 radical (unpaired) electrons. The number of esters is 1. The van der Waals surface area contributed by atoms with Crippen LogP contribution in [0.25, 0.3) is 0 Å². The molecule has 0 aromatic heterocycles. The van der Waals surface area contributed by atoms with E-state index in [1.54, 1.807) is 6.92 Å². The number of carbonyl (C=O) groups is 1. The Bertz CT molecular complexity index is 261. The van der Waals surface area contributed by atoms with Crippen molar-refractivity contribution >= 4 is 5.97 Å². The van der Waals surface area contributed by atoms with Gasteiger partial charge < -0.3 is 4.74 Å². The summed E-state index contributed by atoms with van der Waals surface area (Å²) in [5.41, 5.74) is 0. The Morgan fingerprint density at radius 2 is 2.43 bits per heavy atom. The molecular weight excluding hydrogens is 192 g/mol. The zero-order valence-corrected chi connectivity index (χ0v) is 8.00. The first-order chi connectivity index (χ1) is 6.58. The van der Waals surface area contributed by atoms with Crippen molar-refractivity contribution in [2.45, 2.75) is 38.0 Å². The predicted molar refractivity (Wildman–Crippen MR) is 44.5 cm³/mol. The van der Waals surface area contributed by atoms with Gasteiger partial charge in [-0.25, -0.2) is 4.39 Å². The molecule has 2 fully saturated rings. The van der Waals surface area contributed by atoms with Gasteiger partial charge in [0.15, 0.2) is 5.79 Å². The highest BCUT2D eigenvalue weighted by atomic mass is 19.2. The molecule has 1 saturated carbocycles. The number of fused-ring (bicyclic) bond motifs is 2. The minimum absolute atomic E-state index is 0.0547. The van der Waals surface area contributed by atoms with E-state index in [9.17, 15) is 13.7 Å². The third kappa shape index (κ3) is 1.22. The first-order valence-corrected chi connectivity index (χ1v) is 4.89. The fraction of sp³-hybridized carbons (Fsp3) is 0.889. The van der Waals surface area contributed by atoms with Crippen LogP contribution in [0.3, 0.4) is 0 Å². The average molecular weight is 205 g/mol.